The Morgan fingerprint density at radius 3 is 2.23 bits per heavy atom. The van der Waals surface area contributed by atoms with Crippen LogP contribution < -0.4 is 10.2 Å². The van der Waals surface area contributed by atoms with Crippen molar-refractivity contribution in [3.63, 3.8) is 0 Å². The second-order valence-electron chi connectivity index (χ2n) is 8.17. The van der Waals surface area contributed by atoms with Gasteiger partial charge in [0.15, 0.2) is 0 Å². The van der Waals surface area contributed by atoms with Gasteiger partial charge in [-0.3, -0.25) is 4.79 Å². The van der Waals surface area contributed by atoms with E-state index in [-0.39, 0.29) is 5.56 Å². The molecule has 166 valence electrons. The minimum absolute atomic E-state index is 0.199. The third-order valence-electron chi connectivity index (χ3n) is 5.83. The van der Waals surface area contributed by atoms with E-state index in [1.807, 2.05) is 12.4 Å². The first-order valence-corrected chi connectivity index (χ1v) is 10.6. The molecule has 0 saturated heterocycles. The van der Waals surface area contributed by atoms with E-state index in [0.717, 1.165) is 11.3 Å². The van der Waals surface area contributed by atoms with E-state index in [1.54, 1.807) is 24.3 Å². The van der Waals surface area contributed by atoms with Crippen molar-refractivity contribution in [2.75, 3.05) is 18.5 Å². The van der Waals surface area contributed by atoms with Crippen LogP contribution in [0.4, 0.5) is 14.5 Å². The number of aliphatic carboxylic acids is 1. The fraction of sp³-hybridized carbons (Fsp3) is 0.417. The first-order valence-electron chi connectivity index (χ1n) is 10.6. The molecule has 0 aromatic heterocycles. The third-order valence-corrected chi connectivity index (χ3v) is 5.83. The molecule has 3 rings (SSSR count). The number of rotatable bonds is 8. The predicted octanol–water partition coefficient (Wildman–Crippen LogP) is 4.82. The first-order chi connectivity index (χ1) is 14.8. The van der Waals surface area contributed by atoms with Crippen LogP contribution in [0.15, 0.2) is 48.5 Å². The van der Waals surface area contributed by atoms with Crippen molar-refractivity contribution in [3.05, 3.63) is 65.2 Å². The van der Waals surface area contributed by atoms with Gasteiger partial charge in [-0.1, -0.05) is 43.5 Å². The Balaban J connectivity index is 1.55. The van der Waals surface area contributed by atoms with Crippen molar-refractivity contribution < 1.29 is 23.5 Å². The molecule has 0 unspecified atom stereocenters. The zero-order valence-corrected chi connectivity index (χ0v) is 17.6. The van der Waals surface area contributed by atoms with Crippen molar-refractivity contribution in [2.45, 2.75) is 50.5 Å². The molecular formula is C24H28F2N2O3. The number of carbonyl (C=O) groups excluding carboxylic acids is 1. The SMILES string of the molecule is CN(Cc1ccc(C(=O)NCC(F)(F)C(=O)O)cc1)c1ccc(C2CCCCC2)cc1. The fourth-order valence-electron chi connectivity index (χ4n) is 3.93. The van der Waals surface area contributed by atoms with E-state index in [4.69, 9.17) is 5.11 Å². The average molecular weight is 430 g/mol. The number of amides is 1. The molecule has 1 amide bonds. The number of anilines is 1. The predicted molar refractivity (Wildman–Crippen MR) is 116 cm³/mol. The van der Waals surface area contributed by atoms with Gasteiger partial charge in [0, 0.05) is 24.8 Å². The molecule has 0 atom stereocenters. The second kappa shape index (κ2) is 9.90. The van der Waals surface area contributed by atoms with E-state index in [1.165, 1.54) is 37.7 Å². The fourth-order valence-corrected chi connectivity index (χ4v) is 3.93. The number of nitrogens with one attached hydrogen (secondary N) is 1. The molecule has 1 aliphatic rings. The molecule has 0 heterocycles. The van der Waals surface area contributed by atoms with Crippen LogP contribution in [0.2, 0.25) is 0 Å². The Labute approximate surface area is 181 Å². The molecule has 2 aromatic carbocycles. The van der Waals surface area contributed by atoms with Crippen molar-refractivity contribution in [2.24, 2.45) is 0 Å². The van der Waals surface area contributed by atoms with Crippen LogP contribution in [-0.2, 0) is 11.3 Å². The lowest BCUT2D eigenvalue weighted by Crippen LogP contribution is -2.42. The number of alkyl halides is 2. The maximum atomic E-state index is 13.1. The molecule has 5 nitrogen and oxygen atoms in total. The van der Waals surface area contributed by atoms with Gasteiger partial charge in [-0.05, 0) is 54.2 Å². The summed E-state index contributed by atoms with van der Waals surface area (Å²) in [6.07, 6.45) is 6.49. The van der Waals surface area contributed by atoms with Crippen LogP contribution >= 0.6 is 0 Å². The van der Waals surface area contributed by atoms with Crippen molar-refractivity contribution >= 4 is 17.6 Å². The molecule has 1 saturated carbocycles. The number of hydrogen-bond acceptors (Lipinski definition) is 3. The highest BCUT2D eigenvalue weighted by molar-refractivity contribution is 5.94. The minimum Gasteiger partial charge on any atom is -0.477 e. The maximum Gasteiger partial charge on any atom is 0.376 e. The molecule has 0 bridgehead atoms. The number of carbonyl (C=O) groups is 2. The molecule has 0 spiro atoms. The Morgan fingerprint density at radius 1 is 1.03 bits per heavy atom. The summed E-state index contributed by atoms with van der Waals surface area (Å²) in [6, 6.07) is 15.3. The molecule has 0 radical (unpaired) electrons. The van der Waals surface area contributed by atoms with Crippen molar-refractivity contribution in [3.8, 4) is 0 Å². The normalized spacial score (nSPS) is 14.8. The van der Waals surface area contributed by atoms with Crippen LogP contribution in [0.25, 0.3) is 0 Å². The smallest absolute Gasteiger partial charge is 0.376 e. The second-order valence-corrected chi connectivity index (χ2v) is 8.17. The monoisotopic (exact) mass is 430 g/mol. The average Bonchev–Trinajstić information content (AvgIpc) is 2.78. The van der Waals surface area contributed by atoms with Gasteiger partial charge < -0.3 is 15.3 Å². The maximum absolute atomic E-state index is 13.1. The Kier molecular flexibility index (Phi) is 7.25. The summed E-state index contributed by atoms with van der Waals surface area (Å²) in [4.78, 5) is 24.5. The Hall–Kier alpha value is -2.96. The molecular weight excluding hydrogens is 402 g/mol. The summed E-state index contributed by atoms with van der Waals surface area (Å²) >= 11 is 0. The number of carboxylic acid groups (broad SMARTS) is 1. The lowest BCUT2D eigenvalue weighted by atomic mass is 9.84. The quantitative estimate of drug-likeness (QED) is 0.630. The van der Waals surface area contributed by atoms with Gasteiger partial charge in [0.05, 0.1) is 6.54 Å². The first kappa shape index (κ1) is 22.7. The van der Waals surface area contributed by atoms with E-state index in [9.17, 15) is 18.4 Å². The van der Waals surface area contributed by atoms with E-state index < -0.39 is 24.3 Å². The third kappa shape index (κ3) is 6.03. The Bertz CT molecular complexity index is 892. The highest BCUT2D eigenvalue weighted by Gasteiger charge is 2.39. The van der Waals surface area contributed by atoms with Gasteiger partial charge in [0.25, 0.3) is 5.91 Å². The van der Waals surface area contributed by atoms with E-state index in [0.29, 0.717) is 12.5 Å². The topological polar surface area (TPSA) is 69.6 Å². The van der Waals surface area contributed by atoms with Gasteiger partial charge in [0.2, 0.25) is 0 Å². The summed E-state index contributed by atoms with van der Waals surface area (Å²) in [6.45, 7) is -0.621. The summed E-state index contributed by atoms with van der Waals surface area (Å²) in [5.74, 6) is -6.33. The lowest BCUT2D eigenvalue weighted by Gasteiger charge is -2.24. The standard InChI is InChI=1S/C24H28F2N2O3/c1-28(21-13-11-19(12-14-21)18-5-3-2-4-6-18)15-17-7-9-20(10-8-17)22(29)27-16-24(25,26)23(30)31/h7-14,18H,2-6,15-16H2,1H3,(H,27,29)(H,30,31). The van der Waals surface area contributed by atoms with Gasteiger partial charge in [-0.15, -0.1) is 0 Å². The number of hydrogen-bond donors (Lipinski definition) is 2. The van der Waals surface area contributed by atoms with Crippen molar-refractivity contribution in [1.82, 2.24) is 5.32 Å². The number of carboxylic acids is 1. The van der Waals surface area contributed by atoms with Crippen LogP contribution in [-0.4, -0.2) is 36.5 Å². The summed E-state index contributed by atoms with van der Waals surface area (Å²) < 4.78 is 26.2. The van der Waals surface area contributed by atoms with Crippen LogP contribution in [0.3, 0.4) is 0 Å². The summed E-state index contributed by atoms with van der Waals surface area (Å²) in [7, 11) is 1.99. The largest absolute Gasteiger partial charge is 0.477 e. The zero-order valence-electron chi connectivity index (χ0n) is 17.6. The Morgan fingerprint density at radius 2 is 1.65 bits per heavy atom. The van der Waals surface area contributed by atoms with Crippen molar-refractivity contribution in [1.29, 1.82) is 0 Å². The highest BCUT2D eigenvalue weighted by atomic mass is 19.3. The van der Waals surface area contributed by atoms with E-state index >= 15 is 0 Å². The zero-order chi connectivity index (χ0) is 22.4. The molecule has 2 aromatic rings. The molecule has 31 heavy (non-hydrogen) atoms. The molecule has 0 aliphatic heterocycles. The van der Waals surface area contributed by atoms with Crippen LogP contribution in [0.1, 0.15) is 59.5 Å². The molecule has 2 N–H and O–H groups in total. The highest BCUT2D eigenvalue weighted by Crippen LogP contribution is 2.33. The number of halogens is 2. The molecule has 7 heteroatoms. The van der Waals surface area contributed by atoms with E-state index in [2.05, 4.69) is 29.2 Å². The van der Waals surface area contributed by atoms with Gasteiger partial charge in [-0.2, -0.15) is 8.78 Å². The number of benzene rings is 2. The van der Waals surface area contributed by atoms with Gasteiger partial charge >= 0.3 is 11.9 Å². The minimum atomic E-state index is -4.00. The summed E-state index contributed by atoms with van der Waals surface area (Å²) in [5.41, 5.74) is 3.66. The molecule has 1 aliphatic carbocycles. The van der Waals surface area contributed by atoms with Gasteiger partial charge in [0.1, 0.15) is 0 Å². The lowest BCUT2D eigenvalue weighted by molar-refractivity contribution is -0.163. The summed E-state index contributed by atoms with van der Waals surface area (Å²) in [5, 5.41) is 10.4. The van der Waals surface area contributed by atoms with Gasteiger partial charge in [-0.25, -0.2) is 4.79 Å². The number of nitrogens with zero attached hydrogens (tertiary/aromatic N) is 1. The van der Waals surface area contributed by atoms with Crippen LogP contribution in [0, 0.1) is 0 Å². The molecule has 1 fully saturated rings. The van der Waals surface area contributed by atoms with Crippen LogP contribution in [0.5, 0.6) is 0 Å².